The lowest BCUT2D eigenvalue weighted by atomic mass is 10.2. The van der Waals surface area contributed by atoms with Gasteiger partial charge >= 0.3 is 5.97 Å². The van der Waals surface area contributed by atoms with Crippen molar-refractivity contribution in [3.8, 4) is 0 Å². The van der Waals surface area contributed by atoms with E-state index in [1.807, 2.05) is 0 Å². The summed E-state index contributed by atoms with van der Waals surface area (Å²) in [5.74, 6) is -0.590. The molecule has 1 aromatic rings. The Morgan fingerprint density at radius 3 is 2.72 bits per heavy atom. The monoisotopic (exact) mass is 255 g/mol. The van der Waals surface area contributed by atoms with E-state index < -0.39 is 0 Å². The topological polar surface area (TPSA) is 47.6 Å². The summed E-state index contributed by atoms with van der Waals surface area (Å²) in [6.07, 6.45) is 0. The van der Waals surface area contributed by atoms with Crippen molar-refractivity contribution in [1.82, 2.24) is 5.32 Å². The number of halogens is 1. The minimum atomic E-state index is -0.351. The van der Waals surface area contributed by atoms with Gasteiger partial charge in [-0.2, -0.15) is 0 Å². The van der Waals surface area contributed by atoms with Crippen LogP contribution >= 0.6 is 0 Å². The SMILES string of the molecule is CCOC(=O)COCCNCc1ccc(F)cc1. The third kappa shape index (κ3) is 6.32. The Bertz CT molecular complexity index is 354. The highest BCUT2D eigenvalue weighted by atomic mass is 19.1. The van der Waals surface area contributed by atoms with E-state index in [9.17, 15) is 9.18 Å². The Labute approximate surface area is 106 Å². The maximum Gasteiger partial charge on any atom is 0.332 e. The third-order valence-electron chi connectivity index (χ3n) is 2.19. The summed E-state index contributed by atoms with van der Waals surface area (Å²) >= 11 is 0. The van der Waals surface area contributed by atoms with Crippen LogP contribution in [0, 0.1) is 5.82 Å². The highest BCUT2D eigenvalue weighted by Crippen LogP contribution is 2.01. The van der Waals surface area contributed by atoms with Crippen LogP contribution in [0.2, 0.25) is 0 Å². The first kappa shape index (κ1) is 14.6. The molecule has 0 saturated carbocycles. The molecule has 0 bridgehead atoms. The predicted octanol–water partition coefficient (Wildman–Crippen LogP) is 1.49. The molecule has 0 spiro atoms. The number of ether oxygens (including phenoxy) is 2. The molecule has 4 nitrogen and oxygen atoms in total. The highest BCUT2D eigenvalue weighted by molar-refractivity contribution is 5.70. The van der Waals surface area contributed by atoms with E-state index in [2.05, 4.69) is 5.32 Å². The number of hydrogen-bond donors (Lipinski definition) is 1. The normalized spacial score (nSPS) is 10.3. The Hall–Kier alpha value is -1.46. The average molecular weight is 255 g/mol. The number of rotatable bonds is 8. The fourth-order valence-corrected chi connectivity index (χ4v) is 1.34. The quantitative estimate of drug-likeness (QED) is 0.565. The molecule has 0 aliphatic carbocycles. The second-order valence-corrected chi connectivity index (χ2v) is 3.66. The second-order valence-electron chi connectivity index (χ2n) is 3.66. The molecule has 1 rings (SSSR count). The van der Waals surface area contributed by atoms with E-state index in [0.29, 0.717) is 26.3 Å². The zero-order chi connectivity index (χ0) is 13.2. The van der Waals surface area contributed by atoms with Gasteiger partial charge in [-0.05, 0) is 24.6 Å². The van der Waals surface area contributed by atoms with E-state index >= 15 is 0 Å². The predicted molar refractivity (Wildman–Crippen MR) is 65.6 cm³/mol. The van der Waals surface area contributed by atoms with Gasteiger partial charge in [-0.3, -0.25) is 0 Å². The molecule has 0 fully saturated rings. The van der Waals surface area contributed by atoms with Gasteiger partial charge in [-0.15, -0.1) is 0 Å². The molecule has 0 heterocycles. The van der Waals surface area contributed by atoms with Gasteiger partial charge in [0, 0.05) is 13.1 Å². The lowest BCUT2D eigenvalue weighted by molar-refractivity contribution is -0.148. The lowest BCUT2D eigenvalue weighted by Gasteiger charge is -2.06. The number of esters is 1. The van der Waals surface area contributed by atoms with Crippen LogP contribution in [0.4, 0.5) is 4.39 Å². The number of carbonyl (C=O) groups excluding carboxylic acids is 1. The molecule has 0 unspecified atom stereocenters. The van der Waals surface area contributed by atoms with Crippen molar-refractivity contribution >= 4 is 5.97 Å². The van der Waals surface area contributed by atoms with Gasteiger partial charge in [-0.25, -0.2) is 9.18 Å². The van der Waals surface area contributed by atoms with Gasteiger partial charge in [0.05, 0.1) is 13.2 Å². The molecule has 0 saturated heterocycles. The van der Waals surface area contributed by atoms with Crippen molar-refractivity contribution in [2.24, 2.45) is 0 Å². The number of carbonyl (C=O) groups is 1. The Morgan fingerprint density at radius 1 is 1.33 bits per heavy atom. The molecular weight excluding hydrogens is 237 g/mol. The van der Waals surface area contributed by atoms with Crippen LogP contribution in [0.5, 0.6) is 0 Å². The third-order valence-corrected chi connectivity index (χ3v) is 2.19. The first-order valence-corrected chi connectivity index (χ1v) is 5.91. The molecule has 0 aliphatic heterocycles. The smallest absolute Gasteiger partial charge is 0.332 e. The average Bonchev–Trinajstić information content (AvgIpc) is 2.36. The van der Waals surface area contributed by atoms with Crippen LogP contribution in [0.25, 0.3) is 0 Å². The number of hydrogen-bond acceptors (Lipinski definition) is 4. The Kier molecular flexibility index (Phi) is 6.98. The minimum Gasteiger partial charge on any atom is -0.464 e. The maximum absolute atomic E-state index is 12.6. The van der Waals surface area contributed by atoms with Gasteiger partial charge in [0.1, 0.15) is 12.4 Å². The molecule has 0 radical (unpaired) electrons. The summed E-state index contributed by atoms with van der Waals surface area (Å²) in [6, 6.07) is 6.30. The number of benzene rings is 1. The van der Waals surface area contributed by atoms with E-state index in [4.69, 9.17) is 9.47 Å². The first-order valence-electron chi connectivity index (χ1n) is 5.91. The zero-order valence-corrected chi connectivity index (χ0v) is 10.4. The minimum absolute atomic E-state index is 0.0218. The van der Waals surface area contributed by atoms with Gasteiger partial charge < -0.3 is 14.8 Å². The molecule has 5 heteroatoms. The first-order chi connectivity index (χ1) is 8.72. The van der Waals surface area contributed by atoms with E-state index in [-0.39, 0.29) is 18.4 Å². The maximum atomic E-state index is 12.6. The van der Waals surface area contributed by atoms with E-state index in [1.54, 1.807) is 19.1 Å². The summed E-state index contributed by atoms with van der Waals surface area (Å²) < 4.78 is 22.4. The highest BCUT2D eigenvalue weighted by Gasteiger charge is 2.00. The van der Waals surface area contributed by atoms with Gasteiger partial charge in [0.25, 0.3) is 0 Å². The van der Waals surface area contributed by atoms with Crippen molar-refractivity contribution in [1.29, 1.82) is 0 Å². The summed E-state index contributed by atoms with van der Waals surface area (Å²) in [5, 5.41) is 3.13. The van der Waals surface area contributed by atoms with Crippen molar-refractivity contribution in [3.63, 3.8) is 0 Å². The van der Waals surface area contributed by atoms with Crippen LogP contribution in [0.1, 0.15) is 12.5 Å². The number of nitrogens with one attached hydrogen (secondary N) is 1. The molecule has 100 valence electrons. The molecule has 0 aliphatic rings. The summed E-state index contributed by atoms with van der Waals surface area (Å²) in [4.78, 5) is 10.9. The zero-order valence-electron chi connectivity index (χ0n) is 10.4. The summed E-state index contributed by atoms with van der Waals surface area (Å²) in [7, 11) is 0. The summed E-state index contributed by atoms with van der Waals surface area (Å²) in [6.45, 7) is 3.79. The molecular formula is C13H18FNO3. The van der Waals surface area contributed by atoms with Crippen molar-refractivity contribution < 1.29 is 18.7 Å². The van der Waals surface area contributed by atoms with Crippen LogP contribution in [0.3, 0.4) is 0 Å². The van der Waals surface area contributed by atoms with Crippen molar-refractivity contribution in [3.05, 3.63) is 35.6 Å². The van der Waals surface area contributed by atoms with Crippen LogP contribution in [-0.2, 0) is 20.8 Å². The fraction of sp³-hybridized carbons (Fsp3) is 0.462. The Balaban J connectivity index is 2.02. The summed E-state index contributed by atoms with van der Waals surface area (Å²) in [5.41, 5.74) is 1.00. The van der Waals surface area contributed by atoms with Crippen LogP contribution in [0.15, 0.2) is 24.3 Å². The molecule has 1 aromatic carbocycles. The lowest BCUT2D eigenvalue weighted by Crippen LogP contribution is -2.21. The van der Waals surface area contributed by atoms with Gasteiger partial charge in [0.15, 0.2) is 0 Å². The van der Waals surface area contributed by atoms with Crippen LogP contribution < -0.4 is 5.32 Å². The molecule has 0 atom stereocenters. The molecule has 0 aromatic heterocycles. The van der Waals surface area contributed by atoms with E-state index in [1.165, 1.54) is 12.1 Å². The van der Waals surface area contributed by atoms with Crippen LogP contribution in [-0.4, -0.2) is 32.3 Å². The standard InChI is InChI=1S/C13H18FNO3/c1-2-18-13(16)10-17-8-7-15-9-11-3-5-12(14)6-4-11/h3-6,15H,2,7-10H2,1H3. The van der Waals surface area contributed by atoms with Gasteiger partial charge in [-0.1, -0.05) is 12.1 Å². The van der Waals surface area contributed by atoms with Crippen molar-refractivity contribution in [2.45, 2.75) is 13.5 Å². The fourth-order valence-electron chi connectivity index (χ4n) is 1.34. The van der Waals surface area contributed by atoms with E-state index in [0.717, 1.165) is 5.56 Å². The second kappa shape index (κ2) is 8.60. The Morgan fingerprint density at radius 2 is 2.06 bits per heavy atom. The largest absolute Gasteiger partial charge is 0.464 e. The molecule has 0 amide bonds. The van der Waals surface area contributed by atoms with Gasteiger partial charge in [0.2, 0.25) is 0 Å². The molecule has 18 heavy (non-hydrogen) atoms. The molecule has 1 N–H and O–H groups in total. The van der Waals surface area contributed by atoms with Crippen molar-refractivity contribution in [2.75, 3.05) is 26.4 Å².